The molecular weight excluding hydrogens is 156 g/mol. The number of aliphatic hydroxyl groups excluding tert-OH is 1. The summed E-state index contributed by atoms with van der Waals surface area (Å²) in [6.45, 7) is 2.48. The van der Waals surface area contributed by atoms with Gasteiger partial charge in [-0.15, -0.1) is 0 Å². The quantitative estimate of drug-likeness (QED) is 0.583. The zero-order chi connectivity index (χ0) is 9.14. The highest BCUT2D eigenvalue weighted by molar-refractivity contribution is 5.58. The summed E-state index contributed by atoms with van der Waals surface area (Å²) in [6, 6.07) is 0. The minimum atomic E-state index is 0.0991. The highest BCUT2D eigenvalue weighted by atomic mass is 16.3. The second-order valence-electron chi connectivity index (χ2n) is 2.70. The fraction of sp³-hybridized carbons (Fsp3) is 0.571. The molecule has 0 unspecified atom stereocenters. The number of rotatable bonds is 3. The molecule has 0 fully saturated rings. The lowest BCUT2D eigenvalue weighted by atomic mass is 10.5. The third kappa shape index (κ3) is 1.68. The van der Waals surface area contributed by atoms with Crippen molar-refractivity contribution < 1.29 is 5.11 Å². The van der Waals surface area contributed by atoms with E-state index in [2.05, 4.69) is 9.97 Å². The molecule has 0 saturated heterocycles. The van der Waals surface area contributed by atoms with Gasteiger partial charge < -0.3 is 20.7 Å². The van der Waals surface area contributed by atoms with Crippen molar-refractivity contribution in [2.24, 2.45) is 0 Å². The summed E-state index contributed by atoms with van der Waals surface area (Å²) in [4.78, 5) is 8.86. The van der Waals surface area contributed by atoms with Crippen molar-refractivity contribution in [1.82, 2.24) is 9.97 Å². The molecule has 68 valence electrons. The molecule has 0 spiro atoms. The van der Waals surface area contributed by atoms with E-state index in [0.29, 0.717) is 18.2 Å². The summed E-state index contributed by atoms with van der Waals surface area (Å²) in [5.41, 5.74) is 5.63. The maximum absolute atomic E-state index is 8.68. The molecule has 0 bridgehead atoms. The zero-order valence-electron chi connectivity index (χ0n) is 7.33. The number of likely N-dealkylation sites (N-methyl/N-ethyl adjacent to an activating group) is 1. The van der Waals surface area contributed by atoms with Gasteiger partial charge in [0.15, 0.2) is 5.82 Å². The maximum Gasteiger partial charge on any atom is 0.171 e. The van der Waals surface area contributed by atoms with Gasteiger partial charge in [0.05, 0.1) is 6.61 Å². The topological polar surface area (TPSA) is 78.2 Å². The number of nitrogens with zero attached hydrogens (tertiary/aromatic N) is 2. The van der Waals surface area contributed by atoms with Gasteiger partial charge in [0.25, 0.3) is 0 Å². The van der Waals surface area contributed by atoms with Crippen molar-refractivity contribution in [3.63, 3.8) is 0 Å². The van der Waals surface area contributed by atoms with Crippen LogP contribution < -0.4 is 10.6 Å². The summed E-state index contributed by atoms with van der Waals surface area (Å²) in [7, 11) is 1.84. The third-order valence-electron chi connectivity index (χ3n) is 1.63. The predicted molar refractivity (Wildman–Crippen MR) is 48.1 cm³/mol. The van der Waals surface area contributed by atoms with Gasteiger partial charge in [0, 0.05) is 13.6 Å². The largest absolute Gasteiger partial charge is 0.395 e. The molecule has 0 saturated carbocycles. The summed E-state index contributed by atoms with van der Waals surface area (Å²) >= 11 is 0. The number of H-pyrrole nitrogens is 1. The number of aromatic amines is 1. The molecule has 12 heavy (non-hydrogen) atoms. The highest BCUT2D eigenvalue weighted by Crippen LogP contribution is 2.17. The minimum absolute atomic E-state index is 0.0991. The lowest BCUT2D eigenvalue weighted by Crippen LogP contribution is -2.22. The Balaban J connectivity index is 2.79. The normalized spacial score (nSPS) is 10.2. The van der Waals surface area contributed by atoms with Crippen LogP contribution in [0.25, 0.3) is 0 Å². The second kappa shape index (κ2) is 3.44. The summed E-state index contributed by atoms with van der Waals surface area (Å²) in [5, 5.41) is 8.68. The Kier molecular flexibility index (Phi) is 2.54. The Hall–Kier alpha value is -1.23. The van der Waals surface area contributed by atoms with Gasteiger partial charge in [0.1, 0.15) is 11.6 Å². The molecule has 5 nitrogen and oxygen atoms in total. The number of imidazole rings is 1. The molecular formula is C7H14N4O. The van der Waals surface area contributed by atoms with Crippen LogP contribution in [-0.4, -0.2) is 35.3 Å². The first kappa shape index (κ1) is 8.86. The first-order valence-electron chi connectivity index (χ1n) is 3.79. The van der Waals surface area contributed by atoms with Gasteiger partial charge in [-0.1, -0.05) is 0 Å². The van der Waals surface area contributed by atoms with E-state index in [-0.39, 0.29) is 6.61 Å². The molecule has 0 aliphatic rings. The van der Waals surface area contributed by atoms with Crippen molar-refractivity contribution in [3.05, 3.63) is 5.82 Å². The molecule has 1 rings (SSSR count). The number of aryl methyl sites for hydroxylation is 1. The lowest BCUT2D eigenvalue weighted by Gasteiger charge is -2.14. The number of nitrogens with one attached hydrogen (secondary N) is 1. The van der Waals surface area contributed by atoms with E-state index in [4.69, 9.17) is 10.8 Å². The fourth-order valence-electron chi connectivity index (χ4n) is 1.04. The summed E-state index contributed by atoms with van der Waals surface area (Å²) in [5.74, 6) is 2.03. The highest BCUT2D eigenvalue weighted by Gasteiger charge is 2.08. The van der Waals surface area contributed by atoms with E-state index < -0.39 is 0 Å². The molecule has 0 radical (unpaired) electrons. The number of nitrogens with two attached hydrogens (primary N) is 1. The second-order valence-corrected chi connectivity index (χ2v) is 2.70. The van der Waals surface area contributed by atoms with Gasteiger partial charge in [-0.2, -0.15) is 0 Å². The Labute approximate surface area is 71.2 Å². The van der Waals surface area contributed by atoms with E-state index in [1.807, 2.05) is 14.0 Å². The average Bonchev–Trinajstić information content (AvgIpc) is 2.30. The van der Waals surface area contributed by atoms with Gasteiger partial charge in [-0.25, -0.2) is 4.98 Å². The molecule has 0 atom stereocenters. The minimum Gasteiger partial charge on any atom is -0.395 e. The third-order valence-corrected chi connectivity index (χ3v) is 1.63. The Morgan fingerprint density at radius 1 is 1.67 bits per heavy atom. The van der Waals surface area contributed by atoms with Gasteiger partial charge in [0.2, 0.25) is 0 Å². The predicted octanol–water partition coefficient (Wildman–Crippen LogP) is -0.271. The van der Waals surface area contributed by atoms with Crippen LogP contribution in [0.4, 0.5) is 11.6 Å². The molecule has 1 aromatic rings. The summed E-state index contributed by atoms with van der Waals surface area (Å²) < 4.78 is 0. The van der Waals surface area contributed by atoms with Crippen LogP contribution in [-0.2, 0) is 0 Å². The summed E-state index contributed by atoms with van der Waals surface area (Å²) in [6.07, 6.45) is 0. The van der Waals surface area contributed by atoms with E-state index in [9.17, 15) is 0 Å². The van der Waals surface area contributed by atoms with Crippen LogP contribution in [0.15, 0.2) is 0 Å². The number of aliphatic hydroxyl groups is 1. The van der Waals surface area contributed by atoms with Gasteiger partial charge in [-0.05, 0) is 6.92 Å². The smallest absolute Gasteiger partial charge is 0.171 e. The Bertz CT molecular complexity index is 258. The van der Waals surface area contributed by atoms with E-state index in [1.165, 1.54) is 0 Å². The lowest BCUT2D eigenvalue weighted by molar-refractivity contribution is 0.304. The fourth-order valence-corrected chi connectivity index (χ4v) is 1.04. The number of hydrogen-bond acceptors (Lipinski definition) is 4. The van der Waals surface area contributed by atoms with Gasteiger partial charge in [-0.3, -0.25) is 0 Å². The Morgan fingerprint density at radius 2 is 2.33 bits per heavy atom. The number of anilines is 2. The van der Waals surface area contributed by atoms with Crippen LogP contribution in [0.5, 0.6) is 0 Å². The van der Waals surface area contributed by atoms with Crippen molar-refractivity contribution >= 4 is 11.6 Å². The van der Waals surface area contributed by atoms with Crippen LogP contribution in [0, 0.1) is 6.92 Å². The molecule has 1 aromatic heterocycles. The number of aromatic nitrogens is 2. The monoisotopic (exact) mass is 170 g/mol. The molecule has 0 aliphatic carbocycles. The van der Waals surface area contributed by atoms with Gasteiger partial charge >= 0.3 is 0 Å². The van der Waals surface area contributed by atoms with Crippen molar-refractivity contribution in [2.45, 2.75) is 6.92 Å². The van der Waals surface area contributed by atoms with E-state index in [1.54, 1.807) is 4.90 Å². The van der Waals surface area contributed by atoms with Crippen LogP contribution in [0.3, 0.4) is 0 Å². The van der Waals surface area contributed by atoms with Crippen molar-refractivity contribution in [1.29, 1.82) is 0 Å². The van der Waals surface area contributed by atoms with Crippen molar-refractivity contribution in [2.75, 3.05) is 30.8 Å². The first-order chi connectivity index (χ1) is 5.65. The maximum atomic E-state index is 8.68. The standard InChI is InChI=1S/C7H14N4O/c1-5-9-6(8)7(10-5)11(2)3-4-12/h12H,3-4,8H2,1-2H3,(H,9,10). The number of hydrogen-bond donors (Lipinski definition) is 3. The molecule has 0 aliphatic heterocycles. The molecule has 5 heteroatoms. The Morgan fingerprint density at radius 3 is 2.75 bits per heavy atom. The number of nitrogen functional groups attached to an aromatic ring is 1. The molecule has 1 heterocycles. The first-order valence-corrected chi connectivity index (χ1v) is 3.79. The van der Waals surface area contributed by atoms with Crippen LogP contribution >= 0.6 is 0 Å². The molecule has 0 aromatic carbocycles. The van der Waals surface area contributed by atoms with Crippen molar-refractivity contribution in [3.8, 4) is 0 Å². The van der Waals surface area contributed by atoms with E-state index >= 15 is 0 Å². The SMILES string of the molecule is Cc1nc(N(C)CCO)c(N)[nH]1. The zero-order valence-corrected chi connectivity index (χ0v) is 7.33. The van der Waals surface area contributed by atoms with E-state index in [0.717, 1.165) is 5.82 Å². The van der Waals surface area contributed by atoms with Crippen LogP contribution in [0.1, 0.15) is 5.82 Å². The average molecular weight is 170 g/mol. The van der Waals surface area contributed by atoms with Crippen LogP contribution in [0.2, 0.25) is 0 Å². The molecule has 0 amide bonds. The molecule has 4 N–H and O–H groups in total.